The number of carboxylic acid groups (broad SMARTS) is 1. The van der Waals surface area contributed by atoms with Gasteiger partial charge in [0.15, 0.2) is 0 Å². The van der Waals surface area contributed by atoms with Crippen molar-refractivity contribution in [2.75, 3.05) is 12.3 Å². The largest absolute Gasteiger partial charge is 0.492 e. The van der Waals surface area contributed by atoms with E-state index in [4.69, 9.17) is 10.5 Å². The minimum atomic E-state index is -1.03. The van der Waals surface area contributed by atoms with Crippen LogP contribution in [0.1, 0.15) is 17.4 Å². The highest BCUT2D eigenvalue weighted by molar-refractivity contribution is 5.87. The maximum Gasteiger partial charge on any atom is 0.354 e. The second kappa shape index (κ2) is 6.13. The van der Waals surface area contributed by atoms with E-state index in [1.165, 1.54) is 10.7 Å². The molecule has 6 nitrogen and oxygen atoms in total. The Balaban J connectivity index is 2.42. The van der Waals surface area contributed by atoms with E-state index in [2.05, 4.69) is 11.7 Å². The normalized spacial score (nSPS) is 10.3. The Morgan fingerprint density at radius 1 is 1.52 bits per heavy atom. The zero-order valence-electron chi connectivity index (χ0n) is 11.7. The molecule has 0 unspecified atom stereocenters. The Kier molecular flexibility index (Phi) is 4.27. The summed E-state index contributed by atoms with van der Waals surface area (Å²) < 4.78 is 6.76. The summed E-state index contributed by atoms with van der Waals surface area (Å²) >= 11 is 0. The topological polar surface area (TPSA) is 90.4 Å². The van der Waals surface area contributed by atoms with Crippen molar-refractivity contribution in [2.24, 2.45) is 0 Å². The van der Waals surface area contributed by atoms with Gasteiger partial charge in [0.25, 0.3) is 0 Å². The van der Waals surface area contributed by atoms with Crippen LogP contribution in [-0.4, -0.2) is 27.5 Å². The number of rotatable bonds is 6. The fourth-order valence-electron chi connectivity index (χ4n) is 1.99. The van der Waals surface area contributed by atoms with Gasteiger partial charge in [-0.2, -0.15) is 5.10 Å². The van der Waals surface area contributed by atoms with Crippen LogP contribution in [0.4, 0.5) is 5.69 Å². The SMILES string of the molecule is C=CCn1nc(-c2ccc(OCC)c(N)c2)cc1C(=O)O. The molecule has 110 valence electrons. The quantitative estimate of drug-likeness (QED) is 0.629. The molecular formula is C15H17N3O3. The van der Waals surface area contributed by atoms with Gasteiger partial charge in [-0.05, 0) is 31.2 Å². The number of aromatic carboxylic acids is 1. The number of carboxylic acids is 1. The molecule has 0 aliphatic carbocycles. The minimum absolute atomic E-state index is 0.109. The van der Waals surface area contributed by atoms with Crippen molar-refractivity contribution in [3.63, 3.8) is 0 Å². The van der Waals surface area contributed by atoms with Crippen LogP contribution in [0.2, 0.25) is 0 Å². The summed E-state index contributed by atoms with van der Waals surface area (Å²) in [6.45, 7) is 6.33. The number of benzene rings is 1. The Bertz CT molecular complexity index is 677. The zero-order chi connectivity index (χ0) is 15.4. The van der Waals surface area contributed by atoms with Crippen molar-refractivity contribution in [3.05, 3.63) is 42.6 Å². The van der Waals surface area contributed by atoms with Crippen LogP contribution in [0, 0.1) is 0 Å². The lowest BCUT2D eigenvalue weighted by atomic mass is 10.1. The van der Waals surface area contributed by atoms with E-state index in [0.717, 1.165) is 5.56 Å². The molecule has 0 saturated heterocycles. The first kappa shape index (κ1) is 14.6. The van der Waals surface area contributed by atoms with E-state index < -0.39 is 5.97 Å². The molecule has 1 heterocycles. The fourth-order valence-corrected chi connectivity index (χ4v) is 1.99. The second-order valence-corrected chi connectivity index (χ2v) is 4.38. The highest BCUT2D eigenvalue weighted by atomic mass is 16.5. The van der Waals surface area contributed by atoms with Crippen LogP contribution < -0.4 is 10.5 Å². The Labute approximate surface area is 122 Å². The number of aromatic nitrogens is 2. The van der Waals surface area contributed by atoms with Crippen LogP contribution in [0.3, 0.4) is 0 Å². The van der Waals surface area contributed by atoms with Gasteiger partial charge in [-0.3, -0.25) is 4.68 Å². The van der Waals surface area contributed by atoms with Gasteiger partial charge < -0.3 is 15.6 Å². The van der Waals surface area contributed by atoms with Gasteiger partial charge in [-0.25, -0.2) is 4.79 Å². The summed E-state index contributed by atoms with van der Waals surface area (Å²) in [6, 6.07) is 6.78. The van der Waals surface area contributed by atoms with E-state index in [-0.39, 0.29) is 5.69 Å². The maximum atomic E-state index is 11.2. The van der Waals surface area contributed by atoms with Gasteiger partial charge in [-0.15, -0.1) is 6.58 Å². The van der Waals surface area contributed by atoms with Crippen LogP contribution in [0.15, 0.2) is 36.9 Å². The summed E-state index contributed by atoms with van der Waals surface area (Å²) in [7, 11) is 0. The Morgan fingerprint density at radius 2 is 2.29 bits per heavy atom. The monoisotopic (exact) mass is 287 g/mol. The number of ether oxygens (including phenoxy) is 1. The van der Waals surface area contributed by atoms with Crippen LogP contribution in [0.25, 0.3) is 11.3 Å². The molecule has 0 spiro atoms. The number of nitrogens with zero attached hydrogens (tertiary/aromatic N) is 2. The van der Waals surface area contributed by atoms with Crippen LogP contribution in [0.5, 0.6) is 5.75 Å². The lowest BCUT2D eigenvalue weighted by molar-refractivity contribution is 0.0684. The molecule has 0 amide bonds. The summed E-state index contributed by atoms with van der Waals surface area (Å²) in [6.07, 6.45) is 1.59. The molecule has 0 aliphatic heterocycles. The molecule has 0 bridgehead atoms. The van der Waals surface area contributed by atoms with Gasteiger partial charge in [0.2, 0.25) is 0 Å². The van der Waals surface area contributed by atoms with Crippen LogP contribution in [-0.2, 0) is 6.54 Å². The van der Waals surface area contributed by atoms with Gasteiger partial charge in [0.05, 0.1) is 24.5 Å². The molecular weight excluding hydrogens is 270 g/mol. The molecule has 3 N–H and O–H groups in total. The number of anilines is 1. The number of nitrogens with two attached hydrogens (primary N) is 1. The van der Waals surface area contributed by atoms with E-state index in [1.54, 1.807) is 24.3 Å². The molecule has 1 aromatic heterocycles. The zero-order valence-corrected chi connectivity index (χ0v) is 11.7. The maximum absolute atomic E-state index is 11.2. The Morgan fingerprint density at radius 3 is 2.86 bits per heavy atom. The number of nitrogen functional groups attached to an aromatic ring is 1. The highest BCUT2D eigenvalue weighted by Crippen LogP contribution is 2.28. The molecule has 21 heavy (non-hydrogen) atoms. The average Bonchev–Trinajstić information content (AvgIpc) is 2.86. The molecule has 0 saturated carbocycles. The Hall–Kier alpha value is -2.76. The first-order valence-corrected chi connectivity index (χ1v) is 6.51. The summed E-state index contributed by atoms with van der Waals surface area (Å²) in [5.41, 5.74) is 7.80. The van der Waals surface area contributed by atoms with Crippen molar-refractivity contribution < 1.29 is 14.6 Å². The molecule has 0 atom stereocenters. The molecule has 2 aromatic rings. The van der Waals surface area contributed by atoms with Crippen molar-refractivity contribution in [1.29, 1.82) is 0 Å². The van der Waals surface area contributed by atoms with Crippen molar-refractivity contribution in [2.45, 2.75) is 13.5 Å². The lowest BCUT2D eigenvalue weighted by Crippen LogP contribution is -2.08. The third kappa shape index (κ3) is 3.05. The fraction of sp³-hybridized carbons (Fsp3) is 0.200. The van der Waals surface area contributed by atoms with E-state index >= 15 is 0 Å². The third-order valence-corrected chi connectivity index (χ3v) is 2.91. The van der Waals surface area contributed by atoms with E-state index in [0.29, 0.717) is 30.3 Å². The lowest BCUT2D eigenvalue weighted by Gasteiger charge is -2.07. The van der Waals surface area contributed by atoms with Crippen molar-refractivity contribution in [1.82, 2.24) is 9.78 Å². The molecule has 0 radical (unpaired) electrons. The third-order valence-electron chi connectivity index (χ3n) is 2.91. The molecule has 2 rings (SSSR count). The minimum Gasteiger partial charge on any atom is -0.492 e. The van der Waals surface area contributed by atoms with Crippen molar-refractivity contribution in [3.8, 4) is 17.0 Å². The smallest absolute Gasteiger partial charge is 0.354 e. The number of carbonyl (C=O) groups is 1. The number of allylic oxidation sites excluding steroid dienone is 1. The molecule has 6 heteroatoms. The van der Waals surface area contributed by atoms with Crippen molar-refractivity contribution >= 4 is 11.7 Å². The van der Waals surface area contributed by atoms with E-state index in [1.807, 2.05) is 6.92 Å². The standard InChI is InChI=1S/C15H17N3O3/c1-3-7-18-13(15(19)20)9-12(17-18)10-5-6-14(21-4-2)11(16)8-10/h3,5-6,8-9H,1,4,7,16H2,2H3,(H,19,20). The predicted molar refractivity (Wildman–Crippen MR) is 80.4 cm³/mol. The van der Waals surface area contributed by atoms with Gasteiger partial charge >= 0.3 is 5.97 Å². The summed E-state index contributed by atoms with van der Waals surface area (Å²) in [5.74, 6) is -0.431. The predicted octanol–water partition coefficient (Wildman–Crippen LogP) is 2.42. The second-order valence-electron chi connectivity index (χ2n) is 4.38. The van der Waals surface area contributed by atoms with Gasteiger partial charge in [0, 0.05) is 5.56 Å². The molecule has 0 aliphatic rings. The summed E-state index contributed by atoms with van der Waals surface area (Å²) in [5, 5.41) is 13.5. The first-order valence-electron chi connectivity index (χ1n) is 6.51. The van der Waals surface area contributed by atoms with Gasteiger partial charge in [-0.1, -0.05) is 6.08 Å². The average molecular weight is 287 g/mol. The first-order chi connectivity index (χ1) is 10.1. The number of hydrogen-bond donors (Lipinski definition) is 2. The molecule has 0 fully saturated rings. The van der Waals surface area contributed by atoms with Crippen LogP contribution >= 0.6 is 0 Å². The molecule has 1 aromatic carbocycles. The summed E-state index contributed by atoms with van der Waals surface area (Å²) in [4.78, 5) is 11.2. The number of hydrogen-bond acceptors (Lipinski definition) is 4. The van der Waals surface area contributed by atoms with Gasteiger partial charge in [0.1, 0.15) is 11.4 Å². The highest BCUT2D eigenvalue weighted by Gasteiger charge is 2.15. The van der Waals surface area contributed by atoms with E-state index in [9.17, 15) is 9.90 Å².